The molecule has 2 aromatic rings. The van der Waals surface area contributed by atoms with Crippen LogP contribution in [0.1, 0.15) is 50.9 Å². The van der Waals surface area contributed by atoms with Crippen molar-refractivity contribution in [2.24, 2.45) is 0 Å². The van der Waals surface area contributed by atoms with Crippen molar-refractivity contribution in [3.63, 3.8) is 0 Å². The van der Waals surface area contributed by atoms with Gasteiger partial charge in [-0.3, -0.25) is 14.4 Å². The zero-order valence-corrected chi connectivity index (χ0v) is 16.3. The van der Waals surface area contributed by atoms with E-state index in [1.165, 1.54) is 11.3 Å². The summed E-state index contributed by atoms with van der Waals surface area (Å²) in [5.41, 5.74) is 3.37. The van der Waals surface area contributed by atoms with Crippen molar-refractivity contribution >= 4 is 28.9 Å². The fraction of sp³-hybridized carbons (Fsp3) is 0.350. The number of ketones is 2. The fourth-order valence-corrected chi connectivity index (χ4v) is 3.21. The van der Waals surface area contributed by atoms with Crippen molar-refractivity contribution in [2.45, 2.75) is 39.5 Å². The highest BCUT2D eigenvalue weighted by atomic mass is 32.1. The predicted molar refractivity (Wildman–Crippen MR) is 101 cm³/mol. The average Bonchev–Trinajstić information content (AvgIpc) is 3.06. The molecule has 0 radical (unpaired) electrons. The van der Waals surface area contributed by atoms with Gasteiger partial charge in [0.25, 0.3) is 0 Å². The van der Waals surface area contributed by atoms with Gasteiger partial charge in [-0.25, -0.2) is 4.98 Å². The summed E-state index contributed by atoms with van der Waals surface area (Å²) in [5, 5.41) is 11.3. The number of nitriles is 1. The lowest BCUT2D eigenvalue weighted by Crippen LogP contribution is -2.20. The molecule has 1 heterocycles. The quantitative estimate of drug-likeness (QED) is 0.511. The predicted octanol–water partition coefficient (Wildman–Crippen LogP) is 3.45. The first-order valence-corrected chi connectivity index (χ1v) is 9.30. The molecule has 1 atom stereocenters. The maximum absolute atomic E-state index is 12.2. The van der Waals surface area contributed by atoms with E-state index in [0.29, 0.717) is 10.6 Å². The minimum Gasteiger partial charge on any atom is -0.458 e. The number of carbonyl (C=O) groups is 3. The first kappa shape index (κ1) is 20.5. The zero-order chi connectivity index (χ0) is 20.0. The lowest BCUT2D eigenvalue weighted by molar-refractivity contribution is -0.148. The monoisotopic (exact) mass is 384 g/mol. The third-order valence-corrected chi connectivity index (χ3v) is 5.12. The summed E-state index contributed by atoms with van der Waals surface area (Å²) in [4.78, 5) is 40.2. The standard InChI is InChI=1S/C20H20N2O4S/c1-12-4-5-15(8-13(12)2)17(23)6-7-19(25)26-10-18(24)16(9-21)20-22-14(3)11-27-20/h4-5,8,11,16H,6-7,10H2,1-3H3/t16-/m1/s1. The van der Waals surface area contributed by atoms with Crippen LogP contribution in [-0.4, -0.2) is 29.1 Å². The number of aryl methyl sites for hydroxylation is 3. The SMILES string of the molecule is Cc1csc([C@H](C#N)C(=O)COC(=O)CCC(=O)c2ccc(C)c(C)c2)n1. The lowest BCUT2D eigenvalue weighted by atomic mass is 10.0. The van der Waals surface area contributed by atoms with Gasteiger partial charge in [0.2, 0.25) is 0 Å². The molecule has 6 nitrogen and oxygen atoms in total. The number of esters is 1. The van der Waals surface area contributed by atoms with Crippen LogP contribution in [-0.2, 0) is 14.3 Å². The van der Waals surface area contributed by atoms with Gasteiger partial charge >= 0.3 is 5.97 Å². The van der Waals surface area contributed by atoms with Crippen LogP contribution in [0, 0.1) is 32.1 Å². The molecule has 140 valence electrons. The summed E-state index contributed by atoms with van der Waals surface area (Å²) in [6, 6.07) is 7.27. The Balaban J connectivity index is 1.83. The number of carbonyl (C=O) groups excluding carboxylic acids is 3. The van der Waals surface area contributed by atoms with Gasteiger partial charge in [-0.2, -0.15) is 5.26 Å². The topological polar surface area (TPSA) is 97.1 Å². The molecule has 0 aliphatic heterocycles. The van der Waals surface area contributed by atoms with Gasteiger partial charge in [0.05, 0.1) is 12.5 Å². The van der Waals surface area contributed by atoms with E-state index in [1.54, 1.807) is 24.4 Å². The van der Waals surface area contributed by atoms with Gasteiger partial charge in [-0.1, -0.05) is 12.1 Å². The molecule has 0 unspecified atom stereocenters. The van der Waals surface area contributed by atoms with Crippen molar-refractivity contribution in [1.29, 1.82) is 5.26 Å². The van der Waals surface area contributed by atoms with Gasteiger partial charge in [-0.15, -0.1) is 11.3 Å². The molecule has 2 rings (SSSR count). The largest absolute Gasteiger partial charge is 0.458 e. The maximum atomic E-state index is 12.2. The van der Waals surface area contributed by atoms with Gasteiger partial charge in [0, 0.05) is 23.1 Å². The van der Waals surface area contributed by atoms with Crippen LogP contribution in [0.3, 0.4) is 0 Å². The van der Waals surface area contributed by atoms with Crippen LogP contribution in [0.15, 0.2) is 23.6 Å². The normalized spacial score (nSPS) is 11.5. The van der Waals surface area contributed by atoms with Crippen molar-refractivity contribution in [2.75, 3.05) is 6.61 Å². The van der Waals surface area contributed by atoms with Crippen molar-refractivity contribution in [3.8, 4) is 6.07 Å². The molecular weight excluding hydrogens is 364 g/mol. The van der Waals surface area contributed by atoms with E-state index in [4.69, 9.17) is 4.74 Å². The molecule has 0 aliphatic carbocycles. The Labute approximate surface area is 161 Å². The second-order valence-corrected chi connectivity index (χ2v) is 7.13. The van der Waals surface area contributed by atoms with Crippen LogP contribution < -0.4 is 0 Å². The number of benzene rings is 1. The minimum atomic E-state index is -1.05. The van der Waals surface area contributed by atoms with E-state index in [9.17, 15) is 19.6 Å². The molecule has 0 saturated carbocycles. The van der Waals surface area contributed by atoms with Crippen molar-refractivity contribution < 1.29 is 19.1 Å². The number of nitrogens with zero attached hydrogens (tertiary/aromatic N) is 2. The zero-order valence-electron chi connectivity index (χ0n) is 15.4. The molecule has 0 spiro atoms. The van der Waals surface area contributed by atoms with Crippen LogP contribution in [0.4, 0.5) is 0 Å². The van der Waals surface area contributed by atoms with E-state index in [1.807, 2.05) is 26.0 Å². The number of aromatic nitrogens is 1. The summed E-state index contributed by atoms with van der Waals surface area (Å²) in [6.07, 6.45) is -0.116. The van der Waals surface area contributed by atoms with Gasteiger partial charge in [0.1, 0.15) is 5.01 Å². The number of Topliss-reactive ketones (excluding diaryl/α,β-unsaturated/α-hetero) is 2. The van der Waals surface area contributed by atoms with E-state index in [-0.39, 0.29) is 18.6 Å². The third kappa shape index (κ3) is 5.56. The van der Waals surface area contributed by atoms with Gasteiger partial charge < -0.3 is 4.74 Å². The van der Waals surface area contributed by atoms with Gasteiger partial charge in [-0.05, 0) is 38.0 Å². The number of thiazole rings is 1. The summed E-state index contributed by atoms with van der Waals surface area (Å²) < 4.78 is 4.93. The minimum absolute atomic E-state index is 0.00286. The Morgan fingerprint density at radius 2 is 1.93 bits per heavy atom. The van der Waals surface area contributed by atoms with E-state index in [0.717, 1.165) is 16.8 Å². The third-order valence-electron chi connectivity index (χ3n) is 4.10. The van der Waals surface area contributed by atoms with Gasteiger partial charge in [0.15, 0.2) is 24.1 Å². The molecule has 0 fully saturated rings. The Morgan fingerprint density at radius 3 is 2.52 bits per heavy atom. The van der Waals surface area contributed by atoms with E-state index in [2.05, 4.69) is 4.98 Å². The number of hydrogen-bond acceptors (Lipinski definition) is 7. The molecule has 0 saturated heterocycles. The highest BCUT2D eigenvalue weighted by Gasteiger charge is 2.24. The average molecular weight is 384 g/mol. The second-order valence-electron chi connectivity index (χ2n) is 6.24. The molecular formula is C20H20N2O4S. The molecule has 7 heteroatoms. The fourth-order valence-electron chi connectivity index (χ4n) is 2.35. The van der Waals surface area contributed by atoms with E-state index >= 15 is 0 Å². The summed E-state index contributed by atoms with van der Waals surface area (Å²) in [5.74, 6) is -2.38. The highest BCUT2D eigenvalue weighted by Crippen LogP contribution is 2.21. The molecule has 27 heavy (non-hydrogen) atoms. The molecule has 0 N–H and O–H groups in total. The lowest BCUT2D eigenvalue weighted by Gasteiger charge is -2.07. The molecule has 1 aromatic heterocycles. The second kappa shape index (κ2) is 9.19. The van der Waals surface area contributed by atoms with Crippen molar-refractivity contribution in [3.05, 3.63) is 51.0 Å². The number of rotatable bonds is 8. The molecule has 1 aromatic carbocycles. The molecule has 0 bridgehead atoms. The molecule has 0 amide bonds. The number of hydrogen-bond donors (Lipinski definition) is 0. The smallest absolute Gasteiger partial charge is 0.306 e. The number of ether oxygens (including phenoxy) is 1. The van der Waals surface area contributed by atoms with Crippen LogP contribution in [0.2, 0.25) is 0 Å². The summed E-state index contributed by atoms with van der Waals surface area (Å²) in [6.45, 7) is 5.14. The van der Waals surface area contributed by atoms with E-state index < -0.39 is 24.3 Å². The Bertz CT molecular complexity index is 911. The first-order valence-electron chi connectivity index (χ1n) is 8.42. The van der Waals surface area contributed by atoms with Crippen LogP contribution >= 0.6 is 11.3 Å². The summed E-state index contributed by atoms with van der Waals surface area (Å²) in [7, 11) is 0. The Kier molecular flexibility index (Phi) is 6.97. The molecule has 0 aliphatic rings. The Morgan fingerprint density at radius 1 is 1.19 bits per heavy atom. The highest BCUT2D eigenvalue weighted by molar-refractivity contribution is 7.09. The van der Waals surface area contributed by atoms with Crippen LogP contribution in [0.5, 0.6) is 0 Å². The maximum Gasteiger partial charge on any atom is 0.306 e. The Hall–Kier alpha value is -2.85. The van der Waals surface area contributed by atoms with Crippen molar-refractivity contribution in [1.82, 2.24) is 4.98 Å². The summed E-state index contributed by atoms with van der Waals surface area (Å²) >= 11 is 1.22. The first-order chi connectivity index (χ1) is 12.8. The van der Waals surface area contributed by atoms with Crippen LogP contribution in [0.25, 0.3) is 0 Å².